The van der Waals surface area contributed by atoms with Crippen molar-refractivity contribution < 1.29 is 8.42 Å². The second-order valence-electron chi connectivity index (χ2n) is 5.67. The van der Waals surface area contributed by atoms with Gasteiger partial charge in [0.05, 0.1) is 5.39 Å². The molecule has 0 bridgehead atoms. The molecule has 1 aliphatic rings. The van der Waals surface area contributed by atoms with Gasteiger partial charge in [0.15, 0.2) is 0 Å². The molecule has 11 heteroatoms. The van der Waals surface area contributed by atoms with E-state index in [4.69, 9.17) is 0 Å². The van der Waals surface area contributed by atoms with E-state index >= 15 is 0 Å². The SMILES string of the molecule is CC1CCNCC1NS(=O)(=O)c1cnc2[nH]c(=O)[nH]c(=O)c2c1.Cl. The van der Waals surface area contributed by atoms with Gasteiger partial charge in [-0.1, -0.05) is 6.92 Å². The normalized spacial score (nSPS) is 21.4. The van der Waals surface area contributed by atoms with Crippen LogP contribution in [-0.4, -0.2) is 42.5 Å². The maximum atomic E-state index is 12.5. The fourth-order valence-electron chi connectivity index (χ4n) is 2.59. The van der Waals surface area contributed by atoms with Crippen molar-refractivity contribution in [1.82, 2.24) is 25.0 Å². The van der Waals surface area contributed by atoms with E-state index in [-0.39, 0.29) is 40.3 Å². The summed E-state index contributed by atoms with van der Waals surface area (Å²) in [6, 6.07) is 0.985. The Hall–Kier alpha value is -1.75. The summed E-state index contributed by atoms with van der Waals surface area (Å²) >= 11 is 0. The van der Waals surface area contributed by atoms with Crippen molar-refractivity contribution in [3.8, 4) is 0 Å². The van der Waals surface area contributed by atoms with Crippen LogP contribution in [0.3, 0.4) is 0 Å². The standard InChI is InChI=1S/C13H17N5O4S.ClH/c1-7-2-3-14-6-10(7)18-23(21,22)8-4-9-11(15-5-8)16-13(20)17-12(9)19;/h4-5,7,10,14,18H,2-3,6H2,1H3,(H2,15,16,17,19,20);1H. The van der Waals surface area contributed by atoms with E-state index in [9.17, 15) is 18.0 Å². The first-order valence-electron chi connectivity index (χ1n) is 7.22. The number of piperidine rings is 1. The molecule has 0 aromatic carbocycles. The van der Waals surface area contributed by atoms with E-state index in [1.807, 2.05) is 11.9 Å². The molecule has 1 aliphatic heterocycles. The zero-order valence-corrected chi connectivity index (χ0v) is 14.5. The molecule has 2 unspecified atom stereocenters. The van der Waals surface area contributed by atoms with E-state index in [0.717, 1.165) is 19.2 Å². The van der Waals surface area contributed by atoms with E-state index in [1.165, 1.54) is 6.07 Å². The van der Waals surface area contributed by atoms with Crippen molar-refractivity contribution in [3.63, 3.8) is 0 Å². The molecule has 0 spiro atoms. The summed E-state index contributed by atoms with van der Waals surface area (Å²) in [5.41, 5.74) is -1.32. The third-order valence-electron chi connectivity index (χ3n) is 4.01. The molecule has 0 aliphatic carbocycles. The summed E-state index contributed by atoms with van der Waals surface area (Å²) in [5.74, 6) is 0.208. The second-order valence-corrected chi connectivity index (χ2v) is 7.39. The first-order chi connectivity index (χ1) is 10.9. The van der Waals surface area contributed by atoms with E-state index in [1.54, 1.807) is 0 Å². The Morgan fingerprint density at radius 1 is 1.29 bits per heavy atom. The van der Waals surface area contributed by atoms with E-state index in [0.29, 0.717) is 6.54 Å². The average Bonchev–Trinajstić information content (AvgIpc) is 2.49. The molecular formula is C13H18ClN5O4S. The zero-order chi connectivity index (χ0) is 16.6. The topological polar surface area (TPSA) is 137 Å². The highest BCUT2D eigenvalue weighted by atomic mass is 35.5. The van der Waals surface area contributed by atoms with E-state index < -0.39 is 21.3 Å². The Balaban J connectivity index is 0.00000208. The Morgan fingerprint density at radius 2 is 2.04 bits per heavy atom. The molecule has 2 aromatic rings. The number of pyridine rings is 1. The molecule has 1 fully saturated rings. The molecule has 2 atom stereocenters. The fourth-order valence-corrected chi connectivity index (χ4v) is 3.90. The third kappa shape index (κ3) is 3.66. The predicted molar refractivity (Wildman–Crippen MR) is 91.0 cm³/mol. The molecule has 132 valence electrons. The van der Waals surface area contributed by atoms with Crippen molar-refractivity contribution in [1.29, 1.82) is 0 Å². The average molecular weight is 376 g/mol. The van der Waals surface area contributed by atoms with Gasteiger partial charge < -0.3 is 5.32 Å². The highest BCUT2D eigenvalue weighted by Gasteiger charge is 2.27. The molecule has 1 saturated heterocycles. The van der Waals surface area contributed by atoms with Crippen LogP contribution in [0, 0.1) is 5.92 Å². The number of H-pyrrole nitrogens is 2. The van der Waals surface area contributed by atoms with Crippen LogP contribution in [0.1, 0.15) is 13.3 Å². The number of aromatic nitrogens is 3. The van der Waals surface area contributed by atoms with Crippen LogP contribution in [-0.2, 0) is 10.0 Å². The Kier molecular flexibility index (Phi) is 5.43. The highest BCUT2D eigenvalue weighted by molar-refractivity contribution is 7.89. The van der Waals surface area contributed by atoms with Crippen LogP contribution in [0.15, 0.2) is 26.7 Å². The van der Waals surface area contributed by atoms with Gasteiger partial charge in [-0.05, 0) is 24.9 Å². The highest BCUT2D eigenvalue weighted by Crippen LogP contribution is 2.16. The lowest BCUT2D eigenvalue weighted by atomic mass is 9.96. The van der Waals surface area contributed by atoms with Gasteiger partial charge in [0.2, 0.25) is 10.0 Å². The number of rotatable bonds is 3. The number of sulfonamides is 1. The number of hydrogen-bond acceptors (Lipinski definition) is 6. The Morgan fingerprint density at radius 3 is 2.75 bits per heavy atom. The summed E-state index contributed by atoms with van der Waals surface area (Å²) in [4.78, 5) is 31.1. The second kappa shape index (κ2) is 7.01. The Bertz CT molecular complexity index is 955. The molecular weight excluding hydrogens is 358 g/mol. The summed E-state index contributed by atoms with van der Waals surface area (Å²) in [6.07, 6.45) is 2.00. The van der Waals surface area contributed by atoms with Gasteiger partial charge >= 0.3 is 5.69 Å². The lowest BCUT2D eigenvalue weighted by Crippen LogP contribution is -2.50. The van der Waals surface area contributed by atoms with Crippen molar-refractivity contribution in [3.05, 3.63) is 33.1 Å². The minimum atomic E-state index is -3.81. The molecule has 0 amide bonds. The number of nitrogens with zero attached hydrogens (tertiary/aromatic N) is 1. The summed E-state index contributed by atoms with van der Waals surface area (Å²) in [6.45, 7) is 3.40. The van der Waals surface area contributed by atoms with Crippen LogP contribution in [0.2, 0.25) is 0 Å². The lowest BCUT2D eigenvalue weighted by Gasteiger charge is -2.29. The van der Waals surface area contributed by atoms with Gasteiger partial charge in [0.1, 0.15) is 10.5 Å². The van der Waals surface area contributed by atoms with Gasteiger partial charge in [0, 0.05) is 18.8 Å². The van der Waals surface area contributed by atoms with Crippen molar-refractivity contribution in [2.45, 2.75) is 24.3 Å². The zero-order valence-electron chi connectivity index (χ0n) is 12.8. The molecule has 0 saturated carbocycles. The predicted octanol–water partition coefficient (Wildman–Crippen LogP) is -0.690. The molecule has 3 rings (SSSR count). The van der Waals surface area contributed by atoms with Crippen molar-refractivity contribution >= 4 is 33.5 Å². The van der Waals surface area contributed by atoms with Crippen LogP contribution < -0.4 is 21.3 Å². The molecule has 9 nitrogen and oxygen atoms in total. The van der Waals surface area contributed by atoms with Gasteiger partial charge in [-0.3, -0.25) is 14.8 Å². The van der Waals surface area contributed by atoms with Crippen LogP contribution in [0.25, 0.3) is 11.0 Å². The van der Waals surface area contributed by atoms with E-state index in [2.05, 4.69) is 20.0 Å². The fraction of sp³-hybridized carbons (Fsp3) is 0.462. The minimum Gasteiger partial charge on any atom is -0.315 e. The maximum Gasteiger partial charge on any atom is 0.327 e. The molecule has 2 aromatic heterocycles. The molecule has 4 N–H and O–H groups in total. The van der Waals surface area contributed by atoms with Crippen LogP contribution >= 0.6 is 12.4 Å². The first kappa shape index (κ1) is 18.6. The van der Waals surface area contributed by atoms with Crippen molar-refractivity contribution in [2.75, 3.05) is 13.1 Å². The number of hydrogen-bond donors (Lipinski definition) is 4. The first-order valence-corrected chi connectivity index (χ1v) is 8.70. The van der Waals surface area contributed by atoms with Gasteiger partial charge in [-0.25, -0.2) is 22.9 Å². The van der Waals surface area contributed by atoms with Crippen LogP contribution in [0.4, 0.5) is 0 Å². The van der Waals surface area contributed by atoms with Crippen molar-refractivity contribution in [2.24, 2.45) is 5.92 Å². The number of aromatic amines is 2. The minimum absolute atomic E-state index is 0. The quantitative estimate of drug-likeness (QED) is 0.560. The van der Waals surface area contributed by atoms with Gasteiger partial charge in [0.25, 0.3) is 5.56 Å². The number of halogens is 1. The maximum absolute atomic E-state index is 12.5. The summed E-state index contributed by atoms with van der Waals surface area (Å²) < 4.78 is 27.7. The summed E-state index contributed by atoms with van der Waals surface area (Å²) in [7, 11) is -3.81. The lowest BCUT2D eigenvalue weighted by molar-refractivity contribution is 0.327. The summed E-state index contributed by atoms with van der Waals surface area (Å²) in [5, 5.41) is 3.16. The number of nitrogens with one attached hydrogen (secondary N) is 4. The smallest absolute Gasteiger partial charge is 0.315 e. The monoisotopic (exact) mass is 375 g/mol. The van der Waals surface area contributed by atoms with Gasteiger partial charge in [-0.15, -0.1) is 12.4 Å². The molecule has 3 heterocycles. The molecule has 24 heavy (non-hydrogen) atoms. The van der Waals surface area contributed by atoms with Crippen LogP contribution in [0.5, 0.6) is 0 Å². The Labute approximate surface area is 143 Å². The van der Waals surface area contributed by atoms with Gasteiger partial charge in [-0.2, -0.15) is 0 Å². The third-order valence-corrected chi connectivity index (χ3v) is 5.47. The molecule has 0 radical (unpaired) electrons. The largest absolute Gasteiger partial charge is 0.327 e. The number of fused-ring (bicyclic) bond motifs is 1.